The van der Waals surface area contributed by atoms with Crippen molar-refractivity contribution in [2.45, 2.75) is 12.8 Å². The number of rotatable bonds is 7. The molecule has 0 unspecified atom stereocenters. The fourth-order valence-corrected chi connectivity index (χ4v) is 10.4. The molecule has 13 rings (SSSR count). The molecule has 0 bridgehead atoms. The molecule has 3 heteroatoms. The van der Waals surface area contributed by atoms with Crippen LogP contribution in [-0.4, -0.2) is 14.1 Å². The SMILES string of the molecule is c1ccc(-c2cc(-c3ccccc3)cc(-c3cc4c5c6c(cc(-n7c8ccccc8c8ccccc87)cc6n(-c6cc(-c7ccccc7)cc(-c7ccccc7)n6)c5c3)CC4)c2)cc1. The van der Waals surface area contributed by atoms with Gasteiger partial charge in [0.05, 0.1) is 27.8 Å². The molecule has 3 nitrogen and oxygen atoms in total. The first-order valence-electron chi connectivity index (χ1n) is 22.2. The average Bonchev–Trinajstić information content (AvgIpc) is 3.89. The zero-order valence-electron chi connectivity index (χ0n) is 35.1. The van der Waals surface area contributed by atoms with Crippen LogP contribution in [0.3, 0.4) is 0 Å². The number of para-hydroxylation sites is 2. The molecule has 0 saturated carbocycles. The van der Waals surface area contributed by atoms with Gasteiger partial charge in [-0.2, -0.15) is 0 Å². The highest BCUT2D eigenvalue weighted by Gasteiger charge is 2.26. The first-order valence-corrected chi connectivity index (χ1v) is 22.2. The predicted octanol–water partition coefficient (Wildman–Crippen LogP) is 15.7. The second kappa shape index (κ2) is 14.7. The highest BCUT2D eigenvalue weighted by molar-refractivity contribution is 6.16. The lowest BCUT2D eigenvalue weighted by atomic mass is 9.87. The van der Waals surface area contributed by atoms with Gasteiger partial charge in [0.2, 0.25) is 0 Å². The van der Waals surface area contributed by atoms with Crippen LogP contribution in [0.25, 0.3) is 111 Å². The predicted molar refractivity (Wildman–Crippen MR) is 268 cm³/mol. The summed E-state index contributed by atoms with van der Waals surface area (Å²) in [5.74, 6) is 0.901. The Balaban J connectivity index is 1.14. The number of pyridine rings is 1. The Labute approximate surface area is 371 Å². The quantitative estimate of drug-likeness (QED) is 0.157. The Hall–Kier alpha value is -8.27. The Kier molecular flexibility index (Phi) is 8.35. The van der Waals surface area contributed by atoms with Crippen molar-refractivity contribution >= 4 is 43.6 Å². The fourth-order valence-electron chi connectivity index (χ4n) is 10.4. The van der Waals surface area contributed by atoms with Crippen LogP contribution in [0.5, 0.6) is 0 Å². The number of aryl methyl sites for hydroxylation is 2. The molecular formula is C61H41N3. The van der Waals surface area contributed by atoms with Crippen molar-refractivity contribution in [2.75, 3.05) is 0 Å². The van der Waals surface area contributed by atoms with Crippen molar-refractivity contribution in [3.63, 3.8) is 0 Å². The smallest absolute Gasteiger partial charge is 0.138 e. The van der Waals surface area contributed by atoms with Gasteiger partial charge in [-0.05, 0) is 129 Å². The number of benzene rings is 9. The van der Waals surface area contributed by atoms with E-state index >= 15 is 0 Å². The van der Waals surface area contributed by atoms with Crippen molar-refractivity contribution < 1.29 is 0 Å². The number of hydrogen-bond donors (Lipinski definition) is 0. The number of fused-ring (bicyclic) bond motifs is 3. The van der Waals surface area contributed by atoms with Crippen LogP contribution in [0.15, 0.2) is 224 Å². The number of aromatic nitrogens is 3. The molecule has 3 heterocycles. The molecule has 0 spiro atoms. The third kappa shape index (κ3) is 5.93. The minimum atomic E-state index is 0.901. The van der Waals surface area contributed by atoms with E-state index in [9.17, 15) is 0 Å². The van der Waals surface area contributed by atoms with E-state index in [2.05, 4.69) is 234 Å². The molecule has 9 aromatic carbocycles. The van der Waals surface area contributed by atoms with Crippen LogP contribution in [0.4, 0.5) is 0 Å². The highest BCUT2D eigenvalue weighted by atomic mass is 15.1. The summed E-state index contributed by atoms with van der Waals surface area (Å²) in [5.41, 5.74) is 20.2. The molecule has 1 aliphatic rings. The van der Waals surface area contributed by atoms with E-state index in [0.29, 0.717) is 0 Å². The molecule has 0 atom stereocenters. The van der Waals surface area contributed by atoms with Gasteiger partial charge >= 0.3 is 0 Å². The number of nitrogens with zero attached hydrogens (tertiary/aromatic N) is 3. The van der Waals surface area contributed by atoms with Gasteiger partial charge in [0.15, 0.2) is 0 Å². The maximum absolute atomic E-state index is 5.61. The maximum Gasteiger partial charge on any atom is 0.138 e. The molecule has 0 aliphatic heterocycles. The standard InChI is InChI=1S/C61H41N3/c1-5-17-40(18-6-1)46-32-47(41-19-7-2-8-20-41)34-48(33-46)49-31-44-29-30-45-35-51(63-55-27-15-13-25-52(55)53-26-14-16-28-56(53)63)39-58-61(45)60(44)57(37-49)64(58)59-38-50(42-21-9-3-10-22-42)36-54(62-59)43-23-11-4-12-24-43/h1-28,31-39H,29-30H2. The summed E-state index contributed by atoms with van der Waals surface area (Å²) in [6, 6.07) is 81.9. The van der Waals surface area contributed by atoms with Crippen LogP contribution in [0.2, 0.25) is 0 Å². The number of hydrogen-bond acceptors (Lipinski definition) is 1. The molecule has 3 aromatic heterocycles. The third-order valence-corrected chi connectivity index (χ3v) is 13.3. The fraction of sp³-hybridized carbons (Fsp3) is 0.0328. The summed E-state index contributed by atoms with van der Waals surface area (Å²) >= 11 is 0. The minimum absolute atomic E-state index is 0.901. The van der Waals surface area contributed by atoms with E-state index in [4.69, 9.17) is 4.98 Å². The van der Waals surface area contributed by atoms with E-state index in [0.717, 1.165) is 46.7 Å². The van der Waals surface area contributed by atoms with Crippen LogP contribution in [0.1, 0.15) is 11.1 Å². The Bertz CT molecular complexity index is 3580. The Morgan fingerprint density at radius 1 is 0.297 bits per heavy atom. The molecular weight excluding hydrogens is 775 g/mol. The molecule has 0 amide bonds. The van der Waals surface area contributed by atoms with Gasteiger partial charge in [-0.15, -0.1) is 0 Å². The summed E-state index contributed by atoms with van der Waals surface area (Å²) in [5, 5.41) is 5.17. The first kappa shape index (κ1) is 36.4. The van der Waals surface area contributed by atoms with Crippen molar-refractivity contribution in [3.8, 4) is 67.3 Å². The van der Waals surface area contributed by atoms with E-state index in [-0.39, 0.29) is 0 Å². The largest absolute Gasteiger partial charge is 0.309 e. The van der Waals surface area contributed by atoms with Gasteiger partial charge in [-0.1, -0.05) is 164 Å². The molecule has 0 fully saturated rings. The third-order valence-electron chi connectivity index (χ3n) is 13.3. The van der Waals surface area contributed by atoms with Gasteiger partial charge in [-0.3, -0.25) is 4.57 Å². The van der Waals surface area contributed by atoms with Crippen molar-refractivity contribution in [2.24, 2.45) is 0 Å². The average molecular weight is 816 g/mol. The molecule has 64 heavy (non-hydrogen) atoms. The molecule has 300 valence electrons. The topological polar surface area (TPSA) is 22.8 Å². The second-order valence-corrected chi connectivity index (χ2v) is 17.1. The molecule has 1 aliphatic carbocycles. The normalized spacial score (nSPS) is 12.2. The second-order valence-electron chi connectivity index (χ2n) is 17.1. The molecule has 0 radical (unpaired) electrons. The van der Waals surface area contributed by atoms with Crippen LogP contribution in [-0.2, 0) is 12.8 Å². The monoisotopic (exact) mass is 815 g/mol. The first-order chi connectivity index (χ1) is 31.7. The maximum atomic E-state index is 5.61. The Morgan fingerprint density at radius 2 is 0.719 bits per heavy atom. The zero-order chi connectivity index (χ0) is 42.1. The lowest BCUT2D eigenvalue weighted by Crippen LogP contribution is -2.02. The summed E-state index contributed by atoms with van der Waals surface area (Å²) in [6.45, 7) is 0. The minimum Gasteiger partial charge on any atom is -0.309 e. The van der Waals surface area contributed by atoms with E-state index in [1.54, 1.807) is 0 Å². The van der Waals surface area contributed by atoms with Gasteiger partial charge in [0.1, 0.15) is 5.82 Å². The van der Waals surface area contributed by atoms with Gasteiger partial charge in [0.25, 0.3) is 0 Å². The van der Waals surface area contributed by atoms with Crippen LogP contribution >= 0.6 is 0 Å². The van der Waals surface area contributed by atoms with Crippen molar-refractivity contribution in [1.29, 1.82) is 0 Å². The molecule has 12 aromatic rings. The molecule has 0 N–H and O–H groups in total. The van der Waals surface area contributed by atoms with Gasteiger partial charge < -0.3 is 4.57 Å². The van der Waals surface area contributed by atoms with Crippen molar-refractivity contribution in [3.05, 3.63) is 236 Å². The lowest BCUT2D eigenvalue weighted by molar-refractivity contribution is 0.966. The molecule has 0 saturated heterocycles. The van der Waals surface area contributed by atoms with E-state index in [1.807, 2.05) is 0 Å². The summed E-state index contributed by atoms with van der Waals surface area (Å²) in [6.07, 6.45) is 1.90. The van der Waals surface area contributed by atoms with Gasteiger partial charge in [-0.25, -0.2) is 4.98 Å². The Morgan fingerprint density at radius 3 is 1.27 bits per heavy atom. The van der Waals surface area contributed by atoms with Crippen LogP contribution < -0.4 is 0 Å². The highest BCUT2D eigenvalue weighted by Crippen LogP contribution is 2.45. The zero-order valence-corrected chi connectivity index (χ0v) is 35.1. The van der Waals surface area contributed by atoms with Crippen molar-refractivity contribution in [1.82, 2.24) is 14.1 Å². The summed E-state index contributed by atoms with van der Waals surface area (Å²) in [4.78, 5) is 5.61. The van der Waals surface area contributed by atoms with Gasteiger partial charge in [0, 0.05) is 32.8 Å². The summed E-state index contributed by atoms with van der Waals surface area (Å²) < 4.78 is 4.94. The van der Waals surface area contributed by atoms with E-state index < -0.39 is 0 Å². The van der Waals surface area contributed by atoms with Crippen LogP contribution in [0, 0.1) is 0 Å². The summed E-state index contributed by atoms with van der Waals surface area (Å²) in [7, 11) is 0. The van der Waals surface area contributed by atoms with E-state index in [1.165, 1.54) is 88.1 Å². The lowest BCUT2D eigenvalue weighted by Gasteiger charge is -2.17.